The summed E-state index contributed by atoms with van der Waals surface area (Å²) < 4.78 is 18.3. The number of hydrogen-bond donors (Lipinski definition) is 1. The Labute approximate surface area is 125 Å². The van der Waals surface area contributed by atoms with Gasteiger partial charge in [0.05, 0.1) is 19.7 Å². The summed E-state index contributed by atoms with van der Waals surface area (Å²) in [5.74, 6) is -0.587. The zero-order valence-corrected chi connectivity index (χ0v) is 12.4. The van der Waals surface area contributed by atoms with Crippen molar-refractivity contribution < 1.29 is 13.9 Å². The average molecular weight is 307 g/mol. The van der Waals surface area contributed by atoms with E-state index >= 15 is 0 Å². The minimum absolute atomic E-state index is 0.162. The molecule has 1 amide bonds. The fourth-order valence-electron chi connectivity index (χ4n) is 1.60. The quantitative estimate of drug-likeness (QED) is 0.681. The van der Waals surface area contributed by atoms with Crippen LogP contribution in [-0.2, 0) is 11.2 Å². The van der Waals surface area contributed by atoms with Gasteiger partial charge in [0.15, 0.2) is 11.6 Å². The number of hydrogen-bond acceptors (Lipinski definition) is 5. The highest BCUT2D eigenvalue weighted by atomic mass is 32.1. The van der Waals surface area contributed by atoms with Gasteiger partial charge in [-0.15, -0.1) is 11.3 Å². The van der Waals surface area contributed by atoms with Crippen molar-refractivity contribution in [1.29, 1.82) is 0 Å². The van der Waals surface area contributed by atoms with Crippen LogP contribution in [-0.4, -0.2) is 24.2 Å². The molecule has 1 aromatic heterocycles. The molecule has 21 heavy (non-hydrogen) atoms. The number of ether oxygens (including phenoxy) is 1. The van der Waals surface area contributed by atoms with Crippen molar-refractivity contribution in [2.45, 2.75) is 13.3 Å². The highest BCUT2D eigenvalue weighted by molar-refractivity contribution is 7.09. The molecule has 0 aliphatic heterocycles. The van der Waals surface area contributed by atoms with E-state index in [9.17, 15) is 9.18 Å². The second-order valence-corrected chi connectivity index (χ2v) is 5.19. The van der Waals surface area contributed by atoms with Crippen LogP contribution in [0.2, 0.25) is 0 Å². The third-order valence-electron chi connectivity index (χ3n) is 2.56. The first-order valence-corrected chi connectivity index (χ1v) is 7.03. The summed E-state index contributed by atoms with van der Waals surface area (Å²) in [5, 5.41) is 6.40. The number of benzene rings is 1. The van der Waals surface area contributed by atoms with E-state index in [1.165, 1.54) is 36.8 Å². The maximum atomic E-state index is 13.4. The normalized spacial score (nSPS) is 10.8. The summed E-state index contributed by atoms with van der Waals surface area (Å²) in [6, 6.07) is 4.41. The van der Waals surface area contributed by atoms with Gasteiger partial charge in [-0.1, -0.05) is 0 Å². The number of aryl methyl sites for hydroxylation is 1. The van der Waals surface area contributed by atoms with Crippen LogP contribution in [0.1, 0.15) is 16.3 Å². The minimum atomic E-state index is -0.481. The van der Waals surface area contributed by atoms with Gasteiger partial charge in [-0.05, 0) is 30.7 Å². The molecule has 1 N–H and O–H groups in total. The van der Waals surface area contributed by atoms with Crippen molar-refractivity contribution in [3.05, 3.63) is 45.7 Å². The van der Waals surface area contributed by atoms with Crippen molar-refractivity contribution in [3.63, 3.8) is 0 Å². The molecule has 0 unspecified atom stereocenters. The minimum Gasteiger partial charge on any atom is -0.494 e. The van der Waals surface area contributed by atoms with Crippen LogP contribution >= 0.6 is 11.3 Å². The molecule has 1 heterocycles. The predicted octanol–water partition coefficient (Wildman–Crippen LogP) is 2.29. The molecule has 0 saturated carbocycles. The van der Waals surface area contributed by atoms with Crippen molar-refractivity contribution in [3.8, 4) is 5.75 Å². The molecule has 0 aliphatic rings. The van der Waals surface area contributed by atoms with Crippen LogP contribution in [0.4, 0.5) is 4.39 Å². The number of aromatic nitrogens is 1. The van der Waals surface area contributed by atoms with Gasteiger partial charge in [0.1, 0.15) is 5.01 Å². The molecule has 0 atom stereocenters. The van der Waals surface area contributed by atoms with Gasteiger partial charge in [0.2, 0.25) is 5.91 Å². The Balaban J connectivity index is 1.89. The van der Waals surface area contributed by atoms with E-state index in [4.69, 9.17) is 4.74 Å². The lowest BCUT2D eigenvalue weighted by molar-refractivity contribution is -0.120. The van der Waals surface area contributed by atoms with Crippen molar-refractivity contribution in [1.82, 2.24) is 10.4 Å². The molecule has 0 aliphatic carbocycles. The van der Waals surface area contributed by atoms with Crippen molar-refractivity contribution >= 4 is 23.5 Å². The molecular weight excluding hydrogens is 293 g/mol. The fourth-order valence-corrected chi connectivity index (χ4v) is 2.37. The molecular formula is C14H14FN3O2S. The number of thiazole rings is 1. The number of hydrazone groups is 1. The lowest BCUT2D eigenvalue weighted by Gasteiger charge is -2.01. The lowest BCUT2D eigenvalue weighted by Crippen LogP contribution is -2.19. The Morgan fingerprint density at radius 2 is 2.38 bits per heavy atom. The summed E-state index contributed by atoms with van der Waals surface area (Å²) >= 11 is 1.43. The van der Waals surface area contributed by atoms with E-state index in [1.54, 1.807) is 6.07 Å². The number of carbonyl (C=O) groups is 1. The third-order valence-corrected chi connectivity index (χ3v) is 3.52. The number of nitrogens with zero attached hydrogens (tertiary/aromatic N) is 2. The molecule has 110 valence electrons. The van der Waals surface area contributed by atoms with Crippen LogP contribution in [0.15, 0.2) is 28.7 Å². The molecule has 2 rings (SSSR count). The van der Waals surface area contributed by atoms with E-state index in [1.807, 2.05) is 12.3 Å². The maximum Gasteiger partial charge on any atom is 0.246 e. The monoisotopic (exact) mass is 307 g/mol. The van der Waals surface area contributed by atoms with E-state index in [0.717, 1.165) is 10.7 Å². The first kappa shape index (κ1) is 15.1. The fraction of sp³-hybridized carbons (Fsp3) is 0.214. The molecule has 2 aromatic rings. The number of amides is 1. The van der Waals surface area contributed by atoms with Crippen LogP contribution in [0.3, 0.4) is 0 Å². The zero-order valence-electron chi connectivity index (χ0n) is 11.6. The summed E-state index contributed by atoms with van der Waals surface area (Å²) in [6.07, 6.45) is 1.54. The third kappa shape index (κ3) is 4.35. The first-order chi connectivity index (χ1) is 10.1. The van der Waals surface area contributed by atoms with E-state index in [2.05, 4.69) is 15.5 Å². The van der Waals surface area contributed by atoms with Gasteiger partial charge in [-0.25, -0.2) is 14.8 Å². The second kappa shape index (κ2) is 6.94. The number of halogens is 1. The largest absolute Gasteiger partial charge is 0.494 e. The average Bonchev–Trinajstić information content (AvgIpc) is 2.84. The van der Waals surface area contributed by atoms with Gasteiger partial charge >= 0.3 is 0 Å². The molecule has 0 radical (unpaired) electrons. The Morgan fingerprint density at radius 1 is 1.57 bits per heavy atom. The summed E-state index contributed by atoms with van der Waals surface area (Å²) in [4.78, 5) is 15.8. The Hall–Kier alpha value is -2.28. The summed E-state index contributed by atoms with van der Waals surface area (Å²) in [6.45, 7) is 1.87. The molecule has 7 heteroatoms. The first-order valence-electron chi connectivity index (χ1n) is 6.15. The standard InChI is InChI=1S/C14H14FN3O2S/c1-9-8-21-14(17-9)6-13(19)18-16-7-10-3-4-12(20-2)11(15)5-10/h3-5,7-8H,6H2,1-2H3,(H,18,19)/b16-7-. The highest BCUT2D eigenvalue weighted by Gasteiger charge is 2.06. The van der Waals surface area contributed by atoms with E-state index in [0.29, 0.717) is 5.56 Å². The van der Waals surface area contributed by atoms with Crippen LogP contribution in [0, 0.1) is 12.7 Å². The molecule has 1 aromatic carbocycles. The van der Waals surface area contributed by atoms with Gasteiger partial charge in [0, 0.05) is 11.1 Å². The number of carbonyl (C=O) groups excluding carboxylic acids is 1. The Morgan fingerprint density at radius 3 is 3.00 bits per heavy atom. The van der Waals surface area contributed by atoms with Crippen LogP contribution in [0.25, 0.3) is 0 Å². The number of rotatable bonds is 5. The van der Waals surface area contributed by atoms with Crippen LogP contribution < -0.4 is 10.2 Å². The van der Waals surface area contributed by atoms with Crippen molar-refractivity contribution in [2.75, 3.05) is 7.11 Å². The maximum absolute atomic E-state index is 13.4. The Kier molecular flexibility index (Phi) is 4.99. The van der Waals surface area contributed by atoms with Gasteiger partial charge in [-0.3, -0.25) is 4.79 Å². The number of methoxy groups -OCH3 is 1. The number of nitrogens with one attached hydrogen (secondary N) is 1. The molecule has 0 saturated heterocycles. The smallest absolute Gasteiger partial charge is 0.246 e. The second-order valence-electron chi connectivity index (χ2n) is 4.25. The summed E-state index contributed by atoms with van der Waals surface area (Å²) in [5.41, 5.74) is 3.80. The molecule has 0 bridgehead atoms. The van der Waals surface area contributed by atoms with Gasteiger partial charge in [-0.2, -0.15) is 5.10 Å². The molecule has 0 spiro atoms. The molecule has 5 nitrogen and oxygen atoms in total. The van der Waals surface area contributed by atoms with Gasteiger partial charge < -0.3 is 4.74 Å². The van der Waals surface area contributed by atoms with Crippen LogP contribution in [0.5, 0.6) is 5.75 Å². The lowest BCUT2D eigenvalue weighted by atomic mass is 10.2. The highest BCUT2D eigenvalue weighted by Crippen LogP contribution is 2.16. The van der Waals surface area contributed by atoms with E-state index < -0.39 is 5.82 Å². The van der Waals surface area contributed by atoms with Gasteiger partial charge in [0.25, 0.3) is 0 Å². The van der Waals surface area contributed by atoms with E-state index in [-0.39, 0.29) is 18.1 Å². The molecule has 0 fully saturated rings. The Bertz CT molecular complexity index is 670. The predicted molar refractivity (Wildman–Crippen MR) is 79.2 cm³/mol. The summed E-state index contributed by atoms with van der Waals surface area (Å²) in [7, 11) is 1.40. The topological polar surface area (TPSA) is 63.6 Å². The zero-order chi connectivity index (χ0) is 15.2. The SMILES string of the molecule is COc1ccc(/C=N\NC(=O)Cc2nc(C)cs2)cc1F. The van der Waals surface area contributed by atoms with Crippen molar-refractivity contribution in [2.24, 2.45) is 5.10 Å².